The van der Waals surface area contributed by atoms with E-state index in [0.29, 0.717) is 0 Å². The molecule has 0 N–H and O–H groups in total. The van der Waals surface area contributed by atoms with Gasteiger partial charge in [0.2, 0.25) is 0 Å². The van der Waals surface area contributed by atoms with Crippen LogP contribution in [-0.4, -0.2) is 9.78 Å². The molecule has 4 heteroatoms. The highest BCUT2D eigenvalue weighted by molar-refractivity contribution is 9.10. The number of aromatic nitrogens is 2. The second-order valence-corrected chi connectivity index (χ2v) is 5.92. The lowest BCUT2D eigenvalue weighted by atomic mass is 10.1. The van der Waals surface area contributed by atoms with Gasteiger partial charge < -0.3 is 0 Å². The Hall–Kier alpha value is -1.58. The minimum absolute atomic E-state index is 0.739. The first kappa shape index (κ1) is 13.4. The van der Waals surface area contributed by atoms with Gasteiger partial charge in [-0.1, -0.05) is 51.8 Å². The predicted molar refractivity (Wildman–Crippen MR) is 85.9 cm³/mol. The molecule has 100 valence electrons. The van der Waals surface area contributed by atoms with E-state index in [-0.39, 0.29) is 0 Å². The molecule has 0 saturated carbocycles. The molecule has 0 fully saturated rings. The van der Waals surface area contributed by atoms with Crippen LogP contribution in [0.4, 0.5) is 0 Å². The second kappa shape index (κ2) is 5.81. The molecule has 0 radical (unpaired) electrons. The molecule has 0 spiro atoms. The summed E-state index contributed by atoms with van der Waals surface area (Å²) in [6.45, 7) is 0.758. The van der Waals surface area contributed by atoms with E-state index in [2.05, 4.69) is 33.2 Å². The van der Waals surface area contributed by atoms with Crippen molar-refractivity contribution in [2.45, 2.75) is 6.54 Å². The minimum Gasteiger partial charge on any atom is -0.268 e. The third-order valence-electron chi connectivity index (χ3n) is 3.05. The van der Waals surface area contributed by atoms with Crippen molar-refractivity contribution in [1.82, 2.24) is 9.78 Å². The van der Waals surface area contributed by atoms with Crippen LogP contribution in [0.5, 0.6) is 0 Å². The van der Waals surface area contributed by atoms with Crippen molar-refractivity contribution in [3.63, 3.8) is 0 Å². The van der Waals surface area contributed by atoms with Crippen LogP contribution >= 0.6 is 27.5 Å². The first-order valence-corrected chi connectivity index (χ1v) is 7.41. The average molecular weight is 348 g/mol. The maximum absolute atomic E-state index is 6.01. The lowest BCUT2D eigenvalue weighted by molar-refractivity contribution is 0.687. The Balaban J connectivity index is 1.82. The van der Waals surface area contributed by atoms with Crippen molar-refractivity contribution in [1.29, 1.82) is 0 Å². The number of benzene rings is 2. The predicted octanol–water partition coefficient (Wildman–Crippen LogP) is 5.01. The third kappa shape index (κ3) is 3.11. The van der Waals surface area contributed by atoms with Crippen molar-refractivity contribution in [3.05, 3.63) is 76.0 Å². The van der Waals surface area contributed by atoms with Crippen LogP contribution < -0.4 is 0 Å². The maximum atomic E-state index is 6.01. The van der Waals surface area contributed by atoms with Gasteiger partial charge in [-0.2, -0.15) is 5.10 Å². The van der Waals surface area contributed by atoms with Gasteiger partial charge in [-0.3, -0.25) is 4.68 Å². The molecule has 0 bridgehead atoms. The standard InChI is InChI=1S/C16H12BrClN2/c17-15-6-4-12(5-7-15)10-20-11-14(9-19-20)13-2-1-3-16(18)8-13/h1-9,11H,10H2. The van der Waals surface area contributed by atoms with Gasteiger partial charge in [-0.05, 0) is 35.4 Å². The molecule has 0 unspecified atom stereocenters. The molecule has 0 aliphatic carbocycles. The molecule has 0 amide bonds. The van der Waals surface area contributed by atoms with Crippen LogP contribution in [0.1, 0.15) is 5.56 Å². The average Bonchev–Trinajstić information content (AvgIpc) is 2.90. The summed E-state index contributed by atoms with van der Waals surface area (Å²) in [6, 6.07) is 16.1. The zero-order valence-electron chi connectivity index (χ0n) is 10.6. The summed E-state index contributed by atoms with van der Waals surface area (Å²) in [5.41, 5.74) is 3.37. The summed E-state index contributed by atoms with van der Waals surface area (Å²) < 4.78 is 3.01. The van der Waals surface area contributed by atoms with E-state index in [4.69, 9.17) is 11.6 Å². The van der Waals surface area contributed by atoms with Gasteiger partial charge in [0.25, 0.3) is 0 Å². The molecule has 2 nitrogen and oxygen atoms in total. The Morgan fingerprint density at radius 2 is 1.85 bits per heavy atom. The van der Waals surface area contributed by atoms with E-state index in [1.54, 1.807) is 0 Å². The zero-order valence-corrected chi connectivity index (χ0v) is 13.0. The van der Waals surface area contributed by atoms with E-state index in [1.165, 1.54) is 5.56 Å². The number of nitrogens with zero attached hydrogens (tertiary/aromatic N) is 2. The Morgan fingerprint density at radius 1 is 1.05 bits per heavy atom. The van der Waals surface area contributed by atoms with Crippen LogP contribution in [0.25, 0.3) is 11.1 Å². The van der Waals surface area contributed by atoms with Crippen LogP contribution in [0.15, 0.2) is 65.4 Å². The Morgan fingerprint density at radius 3 is 2.60 bits per heavy atom. The number of hydrogen-bond acceptors (Lipinski definition) is 1. The number of halogens is 2. The SMILES string of the molecule is Clc1cccc(-c2cnn(Cc3ccc(Br)cc3)c2)c1. The van der Waals surface area contributed by atoms with Crippen molar-refractivity contribution in [3.8, 4) is 11.1 Å². The summed E-state index contributed by atoms with van der Waals surface area (Å²) in [5, 5.41) is 5.14. The van der Waals surface area contributed by atoms with Crippen molar-refractivity contribution >= 4 is 27.5 Å². The van der Waals surface area contributed by atoms with Gasteiger partial charge in [-0.25, -0.2) is 0 Å². The van der Waals surface area contributed by atoms with E-state index in [0.717, 1.165) is 27.2 Å². The number of rotatable bonds is 3. The first-order valence-electron chi connectivity index (χ1n) is 6.23. The largest absolute Gasteiger partial charge is 0.268 e. The Labute approximate surface area is 131 Å². The second-order valence-electron chi connectivity index (χ2n) is 4.56. The fraction of sp³-hybridized carbons (Fsp3) is 0.0625. The summed E-state index contributed by atoms with van der Waals surface area (Å²) >= 11 is 9.45. The molecule has 0 aliphatic heterocycles. The normalized spacial score (nSPS) is 10.7. The summed E-state index contributed by atoms with van der Waals surface area (Å²) in [6.07, 6.45) is 3.90. The molecule has 0 aliphatic rings. The number of hydrogen-bond donors (Lipinski definition) is 0. The summed E-state index contributed by atoms with van der Waals surface area (Å²) in [7, 11) is 0. The zero-order chi connectivity index (χ0) is 13.9. The highest BCUT2D eigenvalue weighted by atomic mass is 79.9. The molecule has 3 rings (SSSR count). The maximum Gasteiger partial charge on any atom is 0.0659 e. The van der Waals surface area contributed by atoms with Gasteiger partial charge in [0.1, 0.15) is 0 Å². The van der Waals surface area contributed by atoms with Gasteiger partial charge >= 0.3 is 0 Å². The Kier molecular flexibility index (Phi) is 3.90. The molecular formula is C16H12BrClN2. The van der Waals surface area contributed by atoms with E-state index < -0.39 is 0 Å². The van der Waals surface area contributed by atoms with Gasteiger partial charge in [0, 0.05) is 21.3 Å². The molecule has 3 aromatic rings. The summed E-state index contributed by atoms with van der Waals surface area (Å²) in [4.78, 5) is 0. The first-order chi connectivity index (χ1) is 9.70. The molecule has 0 saturated heterocycles. The van der Waals surface area contributed by atoms with Crippen molar-refractivity contribution in [2.24, 2.45) is 0 Å². The topological polar surface area (TPSA) is 17.8 Å². The van der Waals surface area contributed by atoms with Crippen molar-refractivity contribution in [2.75, 3.05) is 0 Å². The van der Waals surface area contributed by atoms with Crippen LogP contribution in [-0.2, 0) is 6.54 Å². The van der Waals surface area contributed by atoms with Gasteiger partial charge in [-0.15, -0.1) is 0 Å². The van der Waals surface area contributed by atoms with Gasteiger partial charge in [0.15, 0.2) is 0 Å². The minimum atomic E-state index is 0.739. The summed E-state index contributed by atoms with van der Waals surface area (Å²) in [5.74, 6) is 0. The fourth-order valence-corrected chi connectivity index (χ4v) is 2.50. The monoisotopic (exact) mass is 346 g/mol. The molecule has 20 heavy (non-hydrogen) atoms. The quantitative estimate of drug-likeness (QED) is 0.651. The van der Waals surface area contributed by atoms with E-state index >= 15 is 0 Å². The molecular weight excluding hydrogens is 336 g/mol. The highest BCUT2D eigenvalue weighted by Gasteiger charge is 2.03. The fourth-order valence-electron chi connectivity index (χ4n) is 2.04. The van der Waals surface area contributed by atoms with E-state index in [1.807, 2.05) is 53.5 Å². The van der Waals surface area contributed by atoms with Crippen LogP contribution in [0, 0.1) is 0 Å². The molecule has 1 heterocycles. The lowest BCUT2D eigenvalue weighted by Gasteiger charge is -2.02. The molecule has 2 aromatic carbocycles. The van der Waals surface area contributed by atoms with Gasteiger partial charge in [0.05, 0.1) is 12.7 Å². The van der Waals surface area contributed by atoms with E-state index in [9.17, 15) is 0 Å². The van der Waals surface area contributed by atoms with Crippen molar-refractivity contribution < 1.29 is 0 Å². The Bertz CT molecular complexity index is 719. The smallest absolute Gasteiger partial charge is 0.0659 e. The lowest BCUT2D eigenvalue weighted by Crippen LogP contribution is -1.99. The van der Waals surface area contributed by atoms with Crippen LogP contribution in [0.2, 0.25) is 5.02 Å². The third-order valence-corrected chi connectivity index (χ3v) is 3.81. The highest BCUT2D eigenvalue weighted by Crippen LogP contribution is 2.22. The molecule has 0 atom stereocenters. The van der Waals surface area contributed by atoms with Crippen LogP contribution in [0.3, 0.4) is 0 Å². The molecule has 1 aromatic heterocycles.